The summed E-state index contributed by atoms with van der Waals surface area (Å²) in [5.41, 5.74) is -0.118. The van der Waals surface area contributed by atoms with Gasteiger partial charge in [-0.3, -0.25) is 9.59 Å². The predicted octanol–water partition coefficient (Wildman–Crippen LogP) is 8.16. The molecule has 0 bridgehead atoms. The fourth-order valence-corrected chi connectivity index (χ4v) is 5.33. The molecule has 2 aromatic carbocycles. The lowest BCUT2D eigenvalue weighted by Crippen LogP contribution is -2.11. The number of amides is 1. The van der Waals surface area contributed by atoms with Crippen molar-refractivity contribution in [1.82, 2.24) is 0 Å². The quantitative estimate of drug-likeness (QED) is 0.134. The third kappa shape index (κ3) is 6.68. The number of carbonyl (C=O) groups excluding carboxylic acids is 2. The van der Waals surface area contributed by atoms with E-state index in [1.807, 2.05) is 0 Å². The van der Waals surface area contributed by atoms with E-state index >= 15 is 0 Å². The Labute approximate surface area is 207 Å². The summed E-state index contributed by atoms with van der Waals surface area (Å²) in [4.78, 5) is 20.4. The zero-order valence-corrected chi connectivity index (χ0v) is 20.5. The molecule has 0 spiro atoms. The molecule has 0 saturated carbocycles. The minimum absolute atomic E-state index is 0.152. The Morgan fingerprint density at radius 2 is 1.36 bits per heavy atom. The molecule has 0 aliphatic carbocycles. The molecule has 1 amide bonds. The maximum absolute atomic E-state index is 13.6. The molecule has 2 aromatic rings. The van der Waals surface area contributed by atoms with Gasteiger partial charge in [0.1, 0.15) is 0 Å². The molecule has 0 fully saturated rings. The Hall–Kier alpha value is -1.68. The molecular formula is C18H12F5NO4S5. The number of rotatable bonds is 10. The van der Waals surface area contributed by atoms with Gasteiger partial charge in [0, 0.05) is 13.0 Å². The lowest BCUT2D eigenvalue weighted by atomic mass is 10.2. The van der Waals surface area contributed by atoms with Crippen LogP contribution in [0.2, 0.25) is 0 Å². The predicted molar refractivity (Wildman–Crippen MR) is 123 cm³/mol. The largest absolute Gasteiger partial charge is 0.493 e. The smallest absolute Gasteiger partial charge is 0.308 e. The van der Waals surface area contributed by atoms with E-state index in [2.05, 4.69) is 5.32 Å². The maximum atomic E-state index is 13.6. The minimum Gasteiger partial charge on any atom is -0.493 e. The molecule has 0 atom stereocenters. The van der Waals surface area contributed by atoms with E-state index in [1.54, 1.807) is 0 Å². The number of esters is 1. The van der Waals surface area contributed by atoms with Crippen molar-refractivity contribution in [3.05, 3.63) is 29.8 Å². The average molecular weight is 562 g/mol. The normalized spacial score (nSPS) is 11.0. The van der Waals surface area contributed by atoms with Crippen LogP contribution in [0.4, 0.5) is 25.1 Å². The van der Waals surface area contributed by atoms with Crippen molar-refractivity contribution in [1.29, 1.82) is 0 Å². The first kappa shape index (κ1) is 27.6. The van der Waals surface area contributed by atoms with E-state index in [9.17, 15) is 29.0 Å². The van der Waals surface area contributed by atoms with Crippen LogP contribution in [0.1, 0.15) is 12.5 Å². The number of halogens is 5. The number of ether oxygens (including phenoxy) is 2. The highest BCUT2D eigenvalue weighted by Gasteiger charge is 2.28. The number of anilines is 1. The monoisotopic (exact) mass is 561 g/mol. The van der Waals surface area contributed by atoms with Gasteiger partial charge in [0.05, 0.1) is 98.0 Å². The van der Waals surface area contributed by atoms with Crippen LogP contribution < -0.4 is 14.8 Å². The zero-order valence-electron chi connectivity index (χ0n) is 16.5. The first-order chi connectivity index (χ1) is 15.8. The summed E-state index contributed by atoms with van der Waals surface area (Å²) in [7, 11) is 1.34. The van der Waals surface area contributed by atoms with E-state index in [-0.39, 0.29) is 11.5 Å². The molecular weight excluding hydrogens is 550 g/mol. The van der Waals surface area contributed by atoms with Crippen LogP contribution in [-0.4, -0.2) is 19.0 Å². The molecule has 0 unspecified atom stereocenters. The van der Waals surface area contributed by atoms with Crippen LogP contribution in [0.5, 0.6) is 11.5 Å². The summed E-state index contributed by atoms with van der Waals surface area (Å²) in [5.74, 6) is -1.10. The Morgan fingerprint density at radius 1 is 0.848 bits per heavy atom. The van der Waals surface area contributed by atoms with Gasteiger partial charge in [-0.2, -0.15) is 19.4 Å². The van der Waals surface area contributed by atoms with Gasteiger partial charge < -0.3 is 14.8 Å². The SMILES string of the molecule is COc1cc(C=CC(=O)Nc2c(SF)c(SF)c(SF)c(SF)c2SF)ccc1OC(C)=O. The van der Waals surface area contributed by atoms with Crippen molar-refractivity contribution < 1.29 is 38.5 Å². The van der Waals surface area contributed by atoms with Gasteiger partial charge in [-0.15, -0.1) is 0 Å². The summed E-state index contributed by atoms with van der Waals surface area (Å²) in [5, 5.41) is 2.18. The van der Waals surface area contributed by atoms with Gasteiger partial charge in [-0.25, -0.2) is 0 Å². The molecule has 15 heteroatoms. The molecule has 0 saturated heterocycles. The van der Waals surface area contributed by atoms with Crippen molar-refractivity contribution in [3.8, 4) is 11.5 Å². The summed E-state index contributed by atoms with van der Waals surface area (Å²) in [6.07, 6.45) is 2.29. The third-order valence-corrected chi connectivity index (χ3v) is 7.11. The summed E-state index contributed by atoms with van der Waals surface area (Å²) < 4.78 is 77.3. The van der Waals surface area contributed by atoms with E-state index in [0.717, 1.165) is 6.08 Å². The molecule has 33 heavy (non-hydrogen) atoms. The Bertz CT molecular complexity index is 1040. The van der Waals surface area contributed by atoms with Crippen molar-refractivity contribution in [2.24, 2.45) is 0 Å². The van der Waals surface area contributed by atoms with Crippen molar-refractivity contribution >= 4 is 84.4 Å². The Kier molecular flexibility index (Phi) is 11.1. The van der Waals surface area contributed by atoms with Gasteiger partial charge in [0.2, 0.25) is 5.91 Å². The highest BCUT2D eigenvalue weighted by molar-refractivity contribution is 8.00. The Morgan fingerprint density at radius 3 is 1.82 bits per heavy atom. The van der Waals surface area contributed by atoms with Gasteiger partial charge in [-0.05, 0) is 23.8 Å². The molecule has 178 valence electrons. The standard InChI is InChI=1S/C18H12F5NO4S5/c1-8(25)28-10-5-3-9(7-11(10)27-2)4-6-12(26)24-13-14(29-19)16(31-21)18(33-23)17(32-22)15(13)30-20/h3-7H,1-2H3,(H,24,26). The highest BCUT2D eigenvalue weighted by Crippen LogP contribution is 2.54. The molecule has 0 aromatic heterocycles. The maximum Gasteiger partial charge on any atom is 0.308 e. The lowest BCUT2D eigenvalue weighted by molar-refractivity contribution is -0.132. The van der Waals surface area contributed by atoms with Gasteiger partial charge in [0.15, 0.2) is 11.5 Å². The first-order valence-electron chi connectivity index (χ1n) is 8.37. The molecule has 5 nitrogen and oxygen atoms in total. The van der Waals surface area contributed by atoms with Crippen LogP contribution in [-0.2, 0) is 9.59 Å². The number of methoxy groups -OCH3 is 1. The van der Waals surface area contributed by atoms with Gasteiger partial charge in [0.25, 0.3) is 0 Å². The molecule has 0 aliphatic rings. The van der Waals surface area contributed by atoms with E-state index < -0.39 is 103 Å². The number of nitrogens with one attached hydrogen (secondary N) is 1. The van der Waals surface area contributed by atoms with Gasteiger partial charge in [-0.1, -0.05) is 6.07 Å². The molecule has 0 radical (unpaired) electrons. The van der Waals surface area contributed by atoms with Crippen LogP contribution in [0.15, 0.2) is 48.8 Å². The molecule has 0 heterocycles. The van der Waals surface area contributed by atoms with Crippen LogP contribution in [0, 0.1) is 0 Å². The summed E-state index contributed by atoms with van der Waals surface area (Å²) in [6.45, 7) is 1.21. The molecule has 0 aliphatic heterocycles. The van der Waals surface area contributed by atoms with E-state index in [0.29, 0.717) is 5.56 Å². The second-order valence-corrected chi connectivity index (χ2v) is 8.55. The van der Waals surface area contributed by atoms with Crippen molar-refractivity contribution in [2.45, 2.75) is 31.4 Å². The van der Waals surface area contributed by atoms with Crippen LogP contribution >= 0.6 is 60.7 Å². The Balaban J connectivity index is 2.40. The fourth-order valence-electron chi connectivity index (χ4n) is 2.47. The summed E-state index contributed by atoms with van der Waals surface area (Å²) >= 11 is -2.83. The topological polar surface area (TPSA) is 64.6 Å². The lowest BCUT2D eigenvalue weighted by Gasteiger charge is -2.17. The van der Waals surface area contributed by atoms with Crippen LogP contribution in [0.25, 0.3) is 6.08 Å². The van der Waals surface area contributed by atoms with E-state index in [1.165, 1.54) is 38.3 Å². The van der Waals surface area contributed by atoms with Crippen molar-refractivity contribution in [2.75, 3.05) is 12.4 Å². The second kappa shape index (κ2) is 13.3. The second-order valence-electron chi connectivity index (χ2n) is 5.73. The number of hydrogen-bond acceptors (Lipinski definition) is 9. The number of benzene rings is 2. The number of hydrogen-bond donors (Lipinski definition) is 1. The van der Waals surface area contributed by atoms with Gasteiger partial charge >= 0.3 is 5.97 Å². The zero-order chi connectivity index (χ0) is 24.5. The highest BCUT2D eigenvalue weighted by atomic mass is 32.2. The summed E-state index contributed by atoms with van der Waals surface area (Å²) in [6, 6.07) is 4.38. The molecule has 1 N–H and O–H groups in total. The van der Waals surface area contributed by atoms with E-state index in [4.69, 9.17) is 9.47 Å². The van der Waals surface area contributed by atoms with Crippen LogP contribution in [0.3, 0.4) is 0 Å². The molecule has 2 rings (SSSR count). The fraction of sp³-hybridized carbons (Fsp3) is 0.111. The first-order valence-corrected chi connectivity index (χ1v) is 12.0. The minimum atomic E-state index is -0.895. The average Bonchev–Trinajstić information content (AvgIpc) is 2.81. The third-order valence-electron chi connectivity index (χ3n) is 3.78. The van der Waals surface area contributed by atoms with Crippen molar-refractivity contribution in [3.63, 3.8) is 0 Å². The number of carbonyl (C=O) groups is 2.